The molecule has 0 aliphatic heterocycles. The lowest BCUT2D eigenvalue weighted by Gasteiger charge is -2.59. The number of carboxylic acid groups (broad SMARTS) is 1. The highest BCUT2D eigenvalue weighted by molar-refractivity contribution is 7.98. The zero-order chi connectivity index (χ0) is 27.0. The van der Waals surface area contributed by atoms with Crippen molar-refractivity contribution in [1.82, 2.24) is 5.32 Å². The molecule has 4 aliphatic carbocycles. The molecule has 3 fully saturated rings. The van der Waals surface area contributed by atoms with Crippen molar-refractivity contribution in [3.63, 3.8) is 0 Å². The molecule has 37 heavy (non-hydrogen) atoms. The number of nitrogens with one attached hydrogen (secondary N) is 1. The number of allylic oxidation sites excluding steroid dienone is 2. The SMILES string of the molecule is CSCC[C@H](NC(=O)CO/N=C1/C=C2CC[C@@H]3[C@H](CC[C@@]4(C)[C@H]3CC[C@]4(O)C(C)=O)[C@@]2(C)CC1)C(=O)O. The molecule has 1 amide bonds. The van der Waals surface area contributed by atoms with E-state index in [1.807, 2.05) is 6.26 Å². The number of fused-ring (bicyclic) bond motifs is 5. The van der Waals surface area contributed by atoms with E-state index in [4.69, 9.17) is 4.84 Å². The number of oxime groups is 1. The van der Waals surface area contributed by atoms with Gasteiger partial charge in [0.05, 0.1) is 5.71 Å². The molecule has 0 aromatic rings. The second-order valence-corrected chi connectivity index (χ2v) is 13.0. The third kappa shape index (κ3) is 4.98. The number of nitrogens with zero attached hydrogens (tertiary/aromatic N) is 1. The molecule has 0 spiro atoms. The van der Waals surface area contributed by atoms with Crippen LogP contribution in [0, 0.1) is 28.6 Å². The third-order valence-electron chi connectivity index (χ3n) is 10.3. The highest BCUT2D eigenvalue weighted by Gasteiger charge is 2.65. The minimum atomic E-state index is -1.19. The maximum absolute atomic E-state index is 12.4. The Balaban J connectivity index is 1.39. The monoisotopic (exact) mass is 534 g/mol. The molecule has 4 aliphatic rings. The molecule has 0 aromatic heterocycles. The number of hydrogen-bond donors (Lipinski definition) is 3. The number of aliphatic hydroxyl groups is 1. The standard InChI is InChI=1S/C28H42N2O6S/c1-17(31)28(35)13-9-22-20-6-5-18-15-19(7-11-26(18,2)21(20)8-12-27(22,28)3)30-36-16-24(32)29-23(25(33)34)10-14-37-4/h15,20-23,35H,5-14,16H2,1-4H3,(H,29,32)(H,33,34)/b30-19+/t20-,21+,22+,23+,26+,27+,28+/m1/s1. The van der Waals surface area contributed by atoms with Gasteiger partial charge in [-0.05, 0) is 106 Å². The fourth-order valence-electron chi connectivity index (χ4n) is 8.14. The minimum absolute atomic E-state index is 0.0730. The predicted octanol–water partition coefficient (Wildman–Crippen LogP) is 3.96. The average Bonchev–Trinajstić information content (AvgIpc) is 3.13. The molecule has 206 valence electrons. The summed E-state index contributed by atoms with van der Waals surface area (Å²) in [4.78, 5) is 41.3. The molecule has 3 N–H and O–H groups in total. The topological polar surface area (TPSA) is 125 Å². The van der Waals surface area contributed by atoms with Gasteiger partial charge in [0.15, 0.2) is 12.4 Å². The van der Waals surface area contributed by atoms with Crippen molar-refractivity contribution < 1.29 is 29.4 Å². The first-order valence-electron chi connectivity index (χ1n) is 13.6. The Kier molecular flexibility index (Phi) is 8.15. The van der Waals surface area contributed by atoms with Gasteiger partial charge >= 0.3 is 5.97 Å². The number of hydrogen-bond acceptors (Lipinski definition) is 7. The van der Waals surface area contributed by atoms with Crippen LogP contribution in [-0.2, 0) is 19.2 Å². The summed E-state index contributed by atoms with van der Waals surface area (Å²) in [6.45, 7) is 5.76. The fourth-order valence-corrected chi connectivity index (χ4v) is 8.61. The van der Waals surface area contributed by atoms with Crippen molar-refractivity contribution in [2.45, 2.75) is 90.2 Å². The Bertz CT molecular complexity index is 997. The van der Waals surface area contributed by atoms with Crippen molar-refractivity contribution in [1.29, 1.82) is 0 Å². The molecule has 0 aromatic carbocycles. The number of ketones is 1. The smallest absolute Gasteiger partial charge is 0.326 e. The molecule has 0 heterocycles. The number of aliphatic carboxylic acids is 1. The predicted molar refractivity (Wildman–Crippen MR) is 143 cm³/mol. The van der Waals surface area contributed by atoms with E-state index in [1.54, 1.807) is 6.92 Å². The molecule has 7 atom stereocenters. The first-order chi connectivity index (χ1) is 17.5. The molecule has 3 saturated carbocycles. The summed E-state index contributed by atoms with van der Waals surface area (Å²) in [6.07, 6.45) is 11.6. The second kappa shape index (κ2) is 10.7. The van der Waals surface area contributed by atoms with Crippen LogP contribution >= 0.6 is 11.8 Å². The quantitative estimate of drug-likeness (QED) is 0.382. The summed E-state index contributed by atoms with van der Waals surface area (Å²) in [6, 6.07) is -0.924. The molecule has 0 saturated heterocycles. The first kappa shape index (κ1) is 28.1. The van der Waals surface area contributed by atoms with E-state index in [9.17, 15) is 24.6 Å². The lowest BCUT2D eigenvalue weighted by atomic mass is 9.46. The van der Waals surface area contributed by atoms with Crippen LogP contribution in [0.4, 0.5) is 0 Å². The molecule has 9 heteroatoms. The van der Waals surface area contributed by atoms with E-state index in [1.165, 1.54) is 17.3 Å². The van der Waals surface area contributed by atoms with E-state index < -0.39 is 23.5 Å². The van der Waals surface area contributed by atoms with Crippen LogP contribution in [0.3, 0.4) is 0 Å². The maximum atomic E-state index is 12.4. The maximum Gasteiger partial charge on any atom is 0.326 e. The van der Waals surface area contributed by atoms with E-state index in [-0.39, 0.29) is 23.2 Å². The van der Waals surface area contributed by atoms with E-state index in [0.717, 1.165) is 50.7 Å². The molecular weight excluding hydrogens is 492 g/mol. The van der Waals surface area contributed by atoms with Gasteiger partial charge in [-0.3, -0.25) is 9.59 Å². The van der Waals surface area contributed by atoms with E-state index >= 15 is 0 Å². The summed E-state index contributed by atoms with van der Waals surface area (Å²) in [7, 11) is 0. The van der Waals surface area contributed by atoms with E-state index in [2.05, 4.69) is 30.4 Å². The van der Waals surface area contributed by atoms with Crippen molar-refractivity contribution >= 4 is 35.1 Å². The summed E-state index contributed by atoms with van der Waals surface area (Å²) in [5.41, 5.74) is 0.766. The van der Waals surface area contributed by atoms with Crippen LogP contribution in [-0.4, -0.2) is 63.8 Å². The summed E-state index contributed by atoms with van der Waals surface area (Å²) >= 11 is 1.53. The minimum Gasteiger partial charge on any atom is -0.480 e. The van der Waals surface area contributed by atoms with Crippen LogP contribution < -0.4 is 5.32 Å². The average molecular weight is 535 g/mol. The van der Waals surface area contributed by atoms with Crippen LogP contribution in [0.2, 0.25) is 0 Å². The Morgan fingerprint density at radius 1 is 1.16 bits per heavy atom. The second-order valence-electron chi connectivity index (χ2n) is 12.0. The Hall–Kier alpha value is -1.87. The summed E-state index contributed by atoms with van der Waals surface area (Å²) in [5, 5.41) is 27.3. The van der Waals surface area contributed by atoms with Gasteiger partial charge in [0.2, 0.25) is 0 Å². The van der Waals surface area contributed by atoms with Crippen LogP contribution in [0.5, 0.6) is 0 Å². The normalized spacial score (nSPS) is 38.6. The van der Waals surface area contributed by atoms with Crippen molar-refractivity contribution in [3.8, 4) is 0 Å². The summed E-state index contributed by atoms with van der Waals surface area (Å²) in [5.74, 6) is 0.450. The van der Waals surface area contributed by atoms with Gasteiger partial charge in [-0.15, -0.1) is 0 Å². The highest BCUT2D eigenvalue weighted by atomic mass is 32.2. The van der Waals surface area contributed by atoms with Crippen LogP contribution in [0.25, 0.3) is 0 Å². The van der Waals surface area contributed by atoms with Gasteiger partial charge in [0.25, 0.3) is 5.91 Å². The Labute approximate surface area is 224 Å². The number of rotatable bonds is 9. The number of carboxylic acids is 1. The van der Waals surface area contributed by atoms with Gasteiger partial charge in [0.1, 0.15) is 11.6 Å². The highest BCUT2D eigenvalue weighted by Crippen LogP contribution is 2.67. The van der Waals surface area contributed by atoms with Crippen molar-refractivity contribution in [2.75, 3.05) is 18.6 Å². The molecule has 8 nitrogen and oxygen atoms in total. The zero-order valence-electron chi connectivity index (χ0n) is 22.5. The van der Waals surface area contributed by atoms with Crippen LogP contribution in [0.15, 0.2) is 16.8 Å². The van der Waals surface area contributed by atoms with Gasteiger partial charge in [-0.1, -0.05) is 24.6 Å². The Morgan fingerprint density at radius 2 is 1.89 bits per heavy atom. The number of thioether (sulfide) groups is 1. The number of carbonyl (C=O) groups is 3. The number of carbonyl (C=O) groups excluding carboxylic acids is 2. The Morgan fingerprint density at radius 3 is 2.57 bits per heavy atom. The first-order valence-corrected chi connectivity index (χ1v) is 15.0. The summed E-state index contributed by atoms with van der Waals surface area (Å²) < 4.78 is 0. The van der Waals surface area contributed by atoms with Gasteiger partial charge in [-0.2, -0.15) is 11.8 Å². The largest absolute Gasteiger partial charge is 0.480 e. The van der Waals surface area contributed by atoms with Gasteiger partial charge in [0, 0.05) is 5.41 Å². The number of Topliss-reactive ketones (excluding diaryl/α,β-unsaturated/α-hetero) is 1. The van der Waals surface area contributed by atoms with Crippen molar-refractivity contribution in [2.24, 2.45) is 33.7 Å². The molecule has 0 unspecified atom stereocenters. The lowest BCUT2D eigenvalue weighted by molar-refractivity contribution is -0.159. The molecule has 4 rings (SSSR count). The fraction of sp³-hybridized carbons (Fsp3) is 0.786. The van der Waals surface area contributed by atoms with E-state index in [0.29, 0.717) is 36.3 Å². The zero-order valence-corrected chi connectivity index (χ0v) is 23.4. The van der Waals surface area contributed by atoms with Crippen LogP contribution in [0.1, 0.15) is 78.6 Å². The van der Waals surface area contributed by atoms with Gasteiger partial charge in [-0.25, -0.2) is 4.79 Å². The molecule has 0 bridgehead atoms. The molecule has 0 radical (unpaired) electrons. The molecular formula is C28H42N2O6S. The van der Waals surface area contributed by atoms with Crippen molar-refractivity contribution in [3.05, 3.63) is 11.6 Å². The number of amides is 1. The third-order valence-corrected chi connectivity index (χ3v) is 11.0. The lowest BCUT2D eigenvalue weighted by Crippen LogP contribution is -2.57. The van der Waals surface area contributed by atoms with Gasteiger partial charge < -0.3 is 20.4 Å².